The van der Waals surface area contributed by atoms with Gasteiger partial charge in [-0.25, -0.2) is 0 Å². The molecule has 2 fully saturated rings. The predicted octanol–water partition coefficient (Wildman–Crippen LogP) is 2.35. The third kappa shape index (κ3) is 1.17. The smallest absolute Gasteiger partial charge is 0.162 e. The molecule has 1 saturated carbocycles. The number of fused-ring (bicyclic) bond motifs is 3. The Bertz CT molecular complexity index is 270. The minimum absolute atomic E-state index is 0.314. The van der Waals surface area contributed by atoms with Gasteiger partial charge in [-0.05, 0) is 38.5 Å². The number of hydrogen-bond donors (Lipinski definition) is 0. The van der Waals surface area contributed by atoms with Gasteiger partial charge in [0, 0.05) is 5.41 Å². The minimum Gasteiger partial charge on any atom is -0.350 e. The van der Waals surface area contributed by atoms with Crippen LogP contribution < -0.4 is 0 Å². The molecule has 0 radical (unpaired) electrons. The lowest BCUT2D eigenvalue weighted by Crippen LogP contribution is -2.48. The van der Waals surface area contributed by atoms with Crippen molar-refractivity contribution >= 4 is 0 Å². The molecule has 2 nitrogen and oxygen atoms in total. The van der Waals surface area contributed by atoms with E-state index in [2.05, 4.69) is 12.2 Å². The highest BCUT2D eigenvalue weighted by Crippen LogP contribution is 2.54. The van der Waals surface area contributed by atoms with E-state index in [-0.39, 0.29) is 5.79 Å². The summed E-state index contributed by atoms with van der Waals surface area (Å²) in [5.41, 5.74) is 0.314. The summed E-state index contributed by atoms with van der Waals surface area (Å²) >= 11 is 0. The molecule has 0 aromatic rings. The van der Waals surface area contributed by atoms with E-state index in [0.717, 1.165) is 19.1 Å². The summed E-state index contributed by atoms with van der Waals surface area (Å²) in [4.78, 5) is 0. The molecule has 2 unspecified atom stereocenters. The Labute approximate surface area is 85.3 Å². The van der Waals surface area contributed by atoms with E-state index >= 15 is 0 Å². The van der Waals surface area contributed by atoms with Gasteiger partial charge < -0.3 is 9.47 Å². The zero-order chi connectivity index (χ0) is 9.81. The van der Waals surface area contributed by atoms with Crippen molar-refractivity contribution in [2.45, 2.75) is 32.5 Å². The molecule has 1 saturated heterocycles. The summed E-state index contributed by atoms with van der Waals surface area (Å²) in [5, 5.41) is 0. The standard InChI is InChI=1S/C12H18O2/c1-11(2)13-7-12(8-14-11)6-9-3-4-10(12)5-9/h3-4,9-10H,5-8H2,1-2H3. The predicted molar refractivity (Wildman–Crippen MR) is 53.8 cm³/mol. The first-order valence-electron chi connectivity index (χ1n) is 5.56. The van der Waals surface area contributed by atoms with Crippen molar-refractivity contribution in [1.82, 2.24) is 0 Å². The van der Waals surface area contributed by atoms with Crippen LogP contribution >= 0.6 is 0 Å². The van der Waals surface area contributed by atoms with Gasteiger partial charge in [0.25, 0.3) is 0 Å². The van der Waals surface area contributed by atoms with Gasteiger partial charge in [0.2, 0.25) is 0 Å². The highest BCUT2D eigenvalue weighted by Gasteiger charge is 2.52. The average molecular weight is 194 g/mol. The Hall–Kier alpha value is -0.340. The van der Waals surface area contributed by atoms with Crippen molar-refractivity contribution in [2.24, 2.45) is 17.3 Å². The number of ether oxygens (including phenoxy) is 2. The molecule has 0 aromatic carbocycles. The second-order valence-electron chi connectivity index (χ2n) is 5.53. The summed E-state index contributed by atoms with van der Waals surface area (Å²) < 4.78 is 11.6. The minimum atomic E-state index is -0.364. The van der Waals surface area contributed by atoms with Crippen molar-refractivity contribution in [1.29, 1.82) is 0 Å². The molecule has 2 atom stereocenters. The Morgan fingerprint density at radius 3 is 2.36 bits per heavy atom. The van der Waals surface area contributed by atoms with Crippen LogP contribution in [-0.4, -0.2) is 19.0 Å². The van der Waals surface area contributed by atoms with Gasteiger partial charge in [-0.2, -0.15) is 0 Å². The van der Waals surface area contributed by atoms with Gasteiger partial charge >= 0.3 is 0 Å². The molecule has 0 N–H and O–H groups in total. The van der Waals surface area contributed by atoms with Crippen LogP contribution in [0.1, 0.15) is 26.7 Å². The van der Waals surface area contributed by atoms with E-state index < -0.39 is 0 Å². The Morgan fingerprint density at radius 2 is 1.86 bits per heavy atom. The summed E-state index contributed by atoms with van der Waals surface area (Å²) in [6.07, 6.45) is 7.34. The second kappa shape index (κ2) is 2.61. The fourth-order valence-electron chi connectivity index (χ4n) is 3.10. The zero-order valence-corrected chi connectivity index (χ0v) is 8.95. The summed E-state index contributed by atoms with van der Waals surface area (Å²) in [5.74, 6) is 1.15. The van der Waals surface area contributed by atoms with E-state index in [1.165, 1.54) is 12.8 Å². The fraction of sp³-hybridized carbons (Fsp3) is 0.833. The Balaban J connectivity index is 1.78. The molecule has 0 amide bonds. The van der Waals surface area contributed by atoms with E-state index in [9.17, 15) is 0 Å². The molecule has 1 spiro atoms. The first-order chi connectivity index (χ1) is 6.60. The van der Waals surface area contributed by atoms with Gasteiger partial charge in [0.1, 0.15) is 0 Å². The lowest BCUT2D eigenvalue weighted by atomic mass is 9.76. The van der Waals surface area contributed by atoms with E-state index in [1.54, 1.807) is 0 Å². The van der Waals surface area contributed by atoms with Crippen molar-refractivity contribution in [3.63, 3.8) is 0 Å². The molecule has 0 aromatic heterocycles. The molecule has 78 valence electrons. The monoisotopic (exact) mass is 194 g/mol. The topological polar surface area (TPSA) is 18.5 Å². The van der Waals surface area contributed by atoms with E-state index in [4.69, 9.17) is 9.47 Å². The maximum Gasteiger partial charge on any atom is 0.162 e. The first-order valence-corrected chi connectivity index (χ1v) is 5.56. The Kier molecular flexibility index (Phi) is 1.67. The first kappa shape index (κ1) is 8.93. The molecule has 2 aliphatic carbocycles. The zero-order valence-electron chi connectivity index (χ0n) is 8.95. The quantitative estimate of drug-likeness (QED) is 0.551. The van der Waals surface area contributed by atoms with Gasteiger partial charge in [-0.15, -0.1) is 0 Å². The van der Waals surface area contributed by atoms with Crippen LogP contribution in [0.25, 0.3) is 0 Å². The third-order valence-corrected chi connectivity index (χ3v) is 4.04. The lowest BCUT2D eigenvalue weighted by molar-refractivity contribution is -0.289. The maximum atomic E-state index is 5.80. The summed E-state index contributed by atoms with van der Waals surface area (Å²) in [6, 6.07) is 0. The molecule has 2 bridgehead atoms. The largest absolute Gasteiger partial charge is 0.350 e. The molecule has 3 rings (SSSR count). The molecular weight excluding hydrogens is 176 g/mol. The van der Waals surface area contributed by atoms with Gasteiger partial charge in [-0.3, -0.25) is 0 Å². The van der Waals surface area contributed by atoms with Gasteiger partial charge in [0.05, 0.1) is 13.2 Å². The maximum absolute atomic E-state index is 5.80. The molecule has 2 heteroatoms. The normalized spacial score (nSPS) is 42.1. The van der Waals surface area contributed by atoms with Gasteiger partial charge in [-0.1, -0.05) is 12.2 Å². The van der Waals surface area contributed by atoms with Crippen molar-refractivity contribution in [3.8, 4) is 0 Å². The summed E-state index contributed by atoms with van der Waals surface area (Å²) in [7, 11) is 0. The highest BCUT2D eigenvalue weighted by atomic mass is 16.7. The SMILES string of the molecule is CC1(C)OCC2(CO1)CC1C=CC2C1. The van der Waals surface area contributed by atoms with Crippen molar-refractivity contribution < 1.29 is 9.47 Å². The van der Waals surface area contributed by atoms with Crippen molar-refractivity contribution in [2.75, 3.05) is 13.2 Å². The molecular formula is C12H18O2. The number of hydrogen-bond acceptors (Lipinski definition) is 2. The molecule has 1 heterocycles. The molecule has 14 heavy (non-hydrogen) atoms. The van der Waals surface area contributed by atoms with Crippen LogP contribution in [0.4, 0.5) is 0 Å². The van der Waals surface area contributed by atoms with Crippen LogP contribution in [0.15, 0.2) is 12.2 Å². The van der Waals surface area contributed by atoms with Crippen LogP contribution in [0.2, 0.25) is 0 Å². The molecule has 1 aliphatic heterocycles. The van der Waals surface area contributed by atoms with Gasteiger partial charge in [0.15, 0.2) is 5.79 Å². The van der Waals surface area contributed by atoms with E-state index in [1.807, 2.05) is 13.8 Å². The second-order valence-corrected chi connectivity index (χ2v) is 5.53. The number of allylic oxidation sites excluding steroid dienone is 2. The summed E-state index contributed by atoms with van der Waals surface area (Å²) in [6.45, 7) is 5.77. The highest BCUT2D eigenvalue weighted by molar-refractivity contribution is 5.16. The lowest BCUT2D eigenvalue weighted by Gasteiger charge is -2.44. The average Bonchev–Trinajstić information content (AvgIpc) is 2.71. The Morgan fingerprint density at radius 1 is 1.14 bits per heavy atom. The van der Waals surface area contributed by atoms with Crippen LogP contribution in [0, 0.1) is 17.3 Å². The third-order valence-electron chi connectivity index (χ3n) is 4.04. The molecule has 3 aliphatic rings. The van der Waals surface area contributed by atoms with E-state index in [0.29, 0.717) is 11.3 Å². The van der Waals surface area contributed by atoms with Crippen LogP contribution in [0.5, 0.6) is 0 Å². The van der Waals surface area contributed by atoms with Crippen LogP contribution in [0.3, 0.4) is 0 Å². The van der Waals surface area contributed by atoms with Crippen molar-refractivity contribution in [3.05, 3.63) is 12.2 Å². The number of rotatable bonds is 0. The van der Waals surface area contributed by atoms with Crippen LogP contribution in [-0.2, 0) is 9.47 Å². The fourth-order valence-corrected chi connectivity index (χ4v) is 3.10.